The van der Waals surface area contributed by atoms with Crippen LogP contribution in [0.25, 0.3) is 0 Å². The van der Waals surface area contributed by atoms with E-state index in [0.717, 1.165) is 16.9 Å². The van der Waals surface area contributed by atoms with Gasteiger partial charge in [0.2, 0.25) is 11.8 Å². The Bertz CT molecular complexity index is 979. The summed E-state index contributed by atoms with van der Waals surface area (Å²) in [6.45, 7) is 2.66. The Kier molecular flexibility index (Phi) is 9.31. The number of halogens is 1. The Balaban J connectivity index is 1.52. The molecule has 0 spiro atoms. The summed E-state index contributed by atoms with van der Waals surface area (Å²) in [6, 6.07) is 9.66. The van der Waals surface area contributed by atoms with Gasteiger partial charge >= 0.3 is 0 Å². The first-order valence-electron chi connectivity index (χ1n) is 9.49. The van der Waals surface area contributed by atoms with E-state index >= 15 is 0 Å². The highest BCUT2D eigenvalue weighted by Gasteiger charge is 2.19. The smallest absolute Gasteiger partial charge is 0.231 e. The Morgan fingerprint density at radius 2 is 1.74 bits per heavy atom. The number of thiophene rings is 1. The molecule has 0 radical (unpaired) electrons. The molecule has 2 aromatic heterocycles. The van der Waals surface area contributed by atoms with E-state index in [0.29, 0.717) is 21.0 Å². The molecule has 1 unspecified atom stereocenters. The predicted molar refractivity (Wildman–Crippen MR) is 125 cm³/mol. The van der Waals surface area contributed by atoms with Crippen LogP contribution in [-0.4, -0.2) is 40.1 Å². The fraction of sp³-hybridized carbons (Fsp3) is 0.300. The second-order valence-electron chi connectivity index (χ2n) is 6.33. The molecule has 0 aliphatic rings. The molecule has 164 valence electrons. The van der Waals surface area contributed by atoms with Crippen LogP contribution in [0.15, 0.2) is 50.5 Å². The molecular weight excluding hydrogens is 476 g/mol. The normalized spacial score (nSPS) is 11.8. The van der Waals surface area contributed by atoms with E-state index in [1.165, 1.54) is 58.3 Å². The highest BCUT2D eigenvalue weighted by molar-refractivity contribution is 8.03. The SMILES string of the molecule is CCCNC(=O)CSc1nnc(SCC(=O)NC(c2ccc(F)cc2)c2cccs2)s1. The molecule has 0 fully saturated rings. The maximum absolute atomic E-state index is 13.3. The van der Waals surface area contributed by atoms with Crippen molar-refractivity contribution in [2.45, 2.75) is 28.1 Å². The highest BCUT2D eigenvalue weighted by atomic mass is 32.2. The van der Waals surface area contributed by atoms with Crippen LogP contribution >= 0.6 is 46.2 Å². The largest absolute Gasteiger partial charge is 0.355 e. The summed E-state index contributed by atoms with van der Waals surface area (Å²) in [6.07, 6.45) is 0.895. The predicted octanol–water partition coefficient (Wildman–Crippen LogP) is 4.35. The molecule has 3 rings (SSSR count). The molecule has 1 aromatic carbocycles. The Morgan fingerprint density at radius 1 is 1.06 bits per heavy atom. The number of nitrogens with zero attached hydrogens (tertiary/aromatic N) is 2. The van der Waals surface area contributed by atoms with Crippen molar-refractivity contribution < 1.29 is 14.0 Å². The van der Waals surface area contributed by atoms with Crippen molar-refractivity contribution in [1.29, 1.82) is 0 Å². The van der Waals surface area contributed by atoms with Gasteiger partial charge < -0.3 is 10.6 Å². The average Bonchev–Trinajstić information content (AvgIpc) is 3.46. The van der Waals surface area contributed by atoms with E-state index in [2.05, 4.69) is 20.8 Å². The number of carbonyl (C=O) groups excluding carboxylic acids is 2. The minimum atomic E-state index is -0.337. The van der Waals surface area contributed by atoms with Crippen LogP contribution in [0.4, 0.5) is 4.39 Å². The van der Waals surface area contributed by atoms with E-state index in [1.807, 2.05) is 24.4 Å². The maximum Gasteiger partial charge on any atom is 0.231 e. The van der Waals surface area contributed by atoms with E-state index in [4.69, 9.17) is 0 Å². The van der Waals surface area contributed by atoms with Crippen LogP contribution in [0, 0.1) is 5.82 Å². The van der Waals surface area contributed by atoms with Gasteiger partial charge in [0.25, 0.3) is 0 Å². The number of hydrogen-bond acceptors (Lipinski definition) is 8. The summed E-state index contributed by atoms with van der Waals surface area (Å²) in [5.41, 5.74) is 0.818. The molecule has 6 nitrogen and oxygen atoms in total. The number of aromatic nitrogens is 2. The third kappa shape index (κ3) is 7.60. The zero-order chi connectivity index (χ0) is 22.1. The quantitative estimate of drug-likeness (QED) is 0.384. The number of rotatable bonds is 11. The summed E-state index contributed by atoms with van der Waals surface area (Å²) < 4.78 is 14.7. The van der Waals surface area contributed by atoms with E-state index in [9.17, 15) is 14.0 Å². The number of hydrogen-bond donors (Lipinski definition) is 2. The molecular formula is C20H21FN4O2S4. The van der Waals surface area contributed by atoms with Gasteiger partial charge in [0, 0.05) is 11.4 Å². The second kappa shape index (κ2) is 12.2. The van der Waals surface area contributed by atoms with Crippen molar-refractivity contribution in [2.75, 3.05) is 18.1 Å². The molecule has 31 heavy (non-hydrogen) atoms. The number of benzene rings is 1. The first-order chi connectivity index (χ1) is 15.0. The lowest BCUT2D eigenvalue weighted by molar-refractivity contribution is -0.119. The fourth-order valence-electron chi connectivity index (χ4n) is 2.52. The Morgan fingerprint density at radius 3 is 2.35 bits per heavy atom. The third-order valence-corrected chi connectivity index (χ3v) is 8.08. The minimum Gasteiger partial charge on any atom is -0.355 e. The number of nitrogens with one attached hydrogen (secondary N) is 2. The van der Waals surface area contributed by atoms with E-state index in [1.54, 1.807) is 12.1 Å². The molecule has 2 amide bonds. The van der Waals surface area contributed by atoms with Gasteiger partial charge in [0.15, 0.2) is 8.68 Å². The van der Waals surface area contributed by atoms with Crippen molar-refractivity contribution in [1.82, 2.24) is 20.8 Å². The molecule has 11 heteroatoms. The van der Waals surface area contributed by atoms with Crippen molar-refractivity contribution in [3.05, 3.63) is 58.0 Å². The second-order valence-corrected chi connectivity index (χ2v) is 10.7. The minimum absolute atomic E-state index is 0.0314. The summed E-state index contributed by atoms with van der Waals surface area (Å²) in [5.74, 6) is -0.0327. The van der Waals surface area contributed by atoms with Crippen molar-refractivity contribution in [2.24, 2.45) is 0 Å². The number of amides is 2. The summed E-state index contributed by atoms with van der Waals surface area (Å²) >= 11 is 5.52. The van der Waals surface area contributed by atoms with Crippen molar-refractivity contribution in [3.63, 3.8) is 0 Å². The molecule has 2 heterocycles. The van der Waals surface area contributed by atoms with Gasteiger partial charge in [-0.15, -0.1) is 21.5 Å². The van der Waals surface area contributed by atoms with Gasteiger partial charge in [0.1, 0.15) is 5.82 Å². The fourth-order valence-corrected chi connectivity index (χ4v) is 5.98. The van der Waals surface area contributed by atoms with Gasteiger partial charge in [-0.3, -0.25) is 9.59 Å². The molecule has 1 atom stereocenters. The van der Waals surface area contributed by atoms with Crippen molar-refractivity contribution >= 4 is 58.0 Å². The molecule has 0 aliphatic carbocycles. The summed E-state index contributed by atoms with van der Waals surface area (Å²) in [7, 11) is 0. The molecule has 0 saturated carbocycles. The maximum atomic E-state index is 13.3. The van der Waals surface area contributed by atoms with Gasteiger partial charge in [-0.2, -0.15) is 0 Å². The van der Waals surface area contributed by atoms with Crippen LogP contribution in [-0.2, 0) is 9.59 Å². The van der Waals surface area contributed by atoms with E-state index < -0.39 is 0 Å². The Labute approximate surface area is 196 Å². The summed E-state index contributed by atoms with van der Waals surface area (Å²) in [4.78, 5) is 25.2. The standard InChI is InChI=1S/C20H21FN4O2S4/c1-2-9-22-16(26)11-29-19-24-25-20(31-19)30-12-17(27)23-18(15-4-3-10-28-15)13-5-7-14(21)8-6-13/h3-8,10,18H,2,9,11-12H2,1H3,(H,22,26)(H,23,27). The van der Waals surface area contributed by atoms with Gasteiger partial charge in [-0.05, 0) is 35.6 Å². The monoisotopic (exact) mass is 496 g/mol. The lowest BCUT2D eigenvalue weighted by Crippen LogP contribution is -2.30. The average molecular weight is 497 g/mol. The molecule has 2 N–H and O–H groups in total. The van der Waals surface area contributed by atoms with E-state index in [-0.39, 0.29) is 29.4 Å². The summed E-state index contributed by atoms with van der Waals surface area (Å²) in [5, 5.41) is 15.9. The Hall–Kier alpha value is -1.95. The number of carbonyl (C=O) groups is 2. The lowest BCUT2D eigenvalue weighted by atomic mass is 10.1. The molecule has 0 bridgehead atoms. The van der Waals surface area contributed by atoms with Crippen LogP contribution in [0.5, 0.6) is 0 Å². The highest BCUT2D eigenvalue weighted by Crippen LogP contribution is 2.30. The molecule has 0 aliphatic heterocycles. The van der Waals surface area contributed by atoms with Crippen molar-refractivity contribution in [3.8, 4) is 0 Å². The molecule has 3 aromatic rings. The third-order valence-electron chi connectivity index (χ3n) is 3.95. The van der Waals surface area contributed by atoms with Crippen LogP contribution in [0.3, 0.4) is 0 Å². The molecule has 0 saturated heterocycles. The van der Waals surface area contributed by atoms with Gasteiger partial charge in [-0.25, -0.2) is 4.39 Å². The zero-order valence-electron chi connectivity index (χ0n) is 16.7. The topological polar surface area (TPSA) is 84.0 Å². The van der Waals surface area contributed by atoms with Gasteiger partial charge in [-0.1, -0.05) is 60.0 Å². The lowest BCUT2D eigenvalue weighted by Gasteiger charge is -2.18. The zero-order valence-corrected chi connectivity index (χ0v) is 19.9. The van der Waals surface area contributed by atoms with Crippen LogP contribution < -0.4 is 10.6 Å². The first-order valence-corrected chi connectivity index (χ1v) is 13.2. The first kappa shape index (κ1) is 23.7. The van der Waals surface area contributed by atoms with Crippen LogP contribution in [0.2, 0.25) is 0 Å². The number of thioether (sulfide) groups is 2. The van der Waals surface area contributed by atoms with Crippen LogP contribution in [0.1, 0.15) is 29.8 Å². The van der Waals surface area contributed by atoms with Gasteiger partial charge in [0.05, 0.1) is 17.5 Å².